The second-order valence-corrected chi connectivity index (χ2v) is 12.1. The molecule has 2 N–H and O–H groups in total. The maximum Gasteiger partial charge on any atom is 0.260 e. The number of aliphatic hydroxyl groups is 1. The molecule has 0 amide bonds. The third kappa shape index (κ3) is 5.17. The highest BCUT2D eigenvalue weighted by Gasteiger charge is 2.26. The highest BCUT2D eigenvalue weighted by atomic mass is 16.3. The summed E-state index contributed by atoms with van der Waals surface area (Å²) < 4.78 is 1.92. The number of benzene rings is 1. The summed E-state index contributed by atoms with van der Waals surface area (Å²) in [5.41, 5.74) is 3.21. The molecule has 0 bridgehead atoms. The molecule has 3 fully saturated rings. The van der Waals surface area contributed by atoms with Gasteiger partial charge in [-0.2, -0.15) is 4.98 Å². The minimum absolute atomic E-state index is 0.0325. The van der Waals surface area contributed by atoms with Crippen molar-refractivity contribution in [1.29, 1.82) is 0 Å². The van der Waals surface area contributed by atoms with E-state index >= 15 is 0 Å². The fourth-order valence-electron chi connectivity index (χ4n) is 6.68. The number of aromatic nitrogens is 4. The van der Waals surface area contributed by atoms with Crippen LogP contribution in [0.1, 0.15) is 63.0 Å². The molecular formula is C32H38N6O2. The lowest BCUT2D eigenvalue weighted by atomic mass is 9.89. The minimum atomic E-state index is -0.277. The third-order valence-electron chi connectivity index (χ3n) is 9.26. The summed E-state index contributed by atoms with van der Waals surface area (Å²) in [6.07, 6.45) is 14.1. The van der Waals surface area contributed by atoms with Crippen LogP contribution in [-0.2, 0) is 6.42 Å². The fraction of sp³-hybridized carbons (Fsp3) is 0.500. The first-order valence-electron chi connectivity index (χ1n) is 15.0. The Hall–Kier alpha value is -3.52. The van der Waals surface area contributed by atoms with Gasteiger partial charge in [0.15, 0.2) is 0 Å². The van der Waals surface area contributed by atoms with E-state index in [1.807, 2.05) is 23.2 Å². The van der Waals surface area contributed by atoms with Crippen molar-refractivity contribution in [3.05, 3.63) is 64.8 Å². The van der Waals surface area contributed by atoms with Crippen molar-refractivity contribution in [1.82, 2.24) is 19.5 Å². The van der Waals surface area contributed by atoms with Gasteiger partial charge < -0.3 is 15.3 Å². The number of hydrogen-bond acceptors (Lipinski definition) is 7. The van der Waals surface area contributed by atoms with E-state index in [1.165, 1.54) is 24.1 Å². The maximum atomic E-state index is 14.2. The van der Waals surface area contributed by atoms with E-state index in [9.17, 15) is 9.90 Å². The lowest BCUT2D eigenvalue weighted by Gasteiger charge is -2.33. The zero-order chi connectivity index (χ0) is 27.1. The average molecular weight is 539 g/mol. The Balaban J connectivity index is 1.19. The first kappa shape index (κ1) is 25.4. The SMILES string of the molecule is O=c1c2cc(CC3CCN(c4ccncc4)CC3)ccc2c2cnc(NCC3CC3)nc2n1C1CCC(O)CC1. The van der Waals surface area contributed by atoms with Crippen LogP contribution < -0.4 is 15.8 Å². The Bertz CT molecular complexity index is 1550. The predicted octanol–water partition coefficient (Wildman–Crippen LogP) is 5.10. The molecule has 0 radical (unpaired) electrons. The van der Waals surface area contributed by atoms with E-state index in [0.717, 1.165) is 67.9 Å². The zero-order valence-corrected chi connectivity index (χ0v) is 23.0. The summed E-state index contributed by atoms with van der Waals surface area (Å²) in [5, 5.41) is 16.1. The highest BCUT2D eigenvalue weighted by molar-refractivity contribution is 6.04. The van der Waals surface area contributed by atoms with Crippen LogP contribution in [0.15, 0.2) is 53.7 Å². The van der Waals surface area contributed by atoms with Gasteiger partial charge in [0, 0.05) is 60.7 Å². The summed E-state index contributed by atoms with van der Waals surface area (Å²) >= 11 is 0. The molecule has 8 heteroatoms. The molecule has 4 heterocycles. The molecule has 0 spiro atoms. The maximum absolute atomic E-state index is 14.2. The number of nitrogens with one attached hydrogen (secondary N) is 1. The van der Waals surface area contributed by atoms with Crippen LogP contribution in [0.5, 0.6) is 0 Å². The quantitative estimate of drug-likeness (QED) is 0.316. The molecule has 1 aliphatic heterocycles. The smallest absolute Gasteiger partial charge is 0.260 e. The van der Waals surface area contributed by atoms with E-state index in [1.54, 1.807) is 0 Å². The van der Waals surface area contributed by atoms with Crippen LogP contribution >= 0.6 is 0 Å². The number of pyridine rings is 2. The van der Waals surface area contributed by atoms with Gasteiger partial charge in [0.25, 0.3) is 5.56 Å². The van der Waals surface area contributed by atoms with Crippen LogP contribution in [-0.4, -0.2) is 50.4 Å². The molecule has 4 aromatic rings. The molecule has 3 aromatic heterocycles. The first-order chi connectivity index (χ1) is 19.6. The van der Waals surface area contributed by atoms with Crippen molar-refractivity contribution >= 4 is 33.4 Å². The number of nitrogens with zero attached hydrogens (tertiary/aromatic N) is 5. The lowest BCUT2D eigenvalue weighted by molar-refractivity contribution is 0.111. The average Bonchev–Trinajstić information content (AvgIpc) is 3.83. The number of piperidine rings is 1. The lowest BCUT2D eigenvalue weighted by Crippen LogP contribution is -2.34. The van der Waals surface area contributed by atoms with Gasteiger partial charge in [-0.1, -0.05) is 12.1 Å². The van der Waals surface area contributed by atoms with E-state index in [2.05, 4.69) is 50.5 Å². The van der Waals surface area contributed by atoms with E-state index in [4.69, 9.17) is 4.98 Å². The molecule has 2 saturated carbocycles. The fourth-order valence-corrected chi connectivity index (χ4v) is 6.68. The number of anilines is 2. The Labute approximate surface area is 234 Å². The van der Waals surface area contributed by atoms with Gasteiger partial charge in [0.2, 0.25) is 5.95 Å². The van der Waals surface area contributed by atoms with Crippen molar-refractivity contribution in [2.75, 3.05) is 29.9 Å². The number of fused-ring (bicyclic) bond motifs is 3. The minimum Gasteiger partial charge on any atom is -0.393 e. The summed E-state index contributed by atoms with van der Waals surface area (Å²) in [6.45, 7) is 2.97. The Kier molecular flexibility index (Phi) is 6.87. The molecule has 2 aliphatic carbocycles. The summed E-state index contributed by atoms with van der Waals surface area (Å²) in [5.74, 6) is 1.90. The molecule has 7 rings (SSSR count). The Morgan fingerprint density at radius 2 is 1.65 bits per heavy atom. The van der Waals surface area contributed by atoms with Gasteiger partial charge in [0.1, 0.15) is 5.65 Å². The van der Waals surface area contributed by atoms with Crippen molar-refractivity contribution in [2.24, 2.45) is 11.8 Å². The third-order valence-corrected chi connectivity index (χ3v) is 9.26. The molecule has 0 unspecified atom stereocenters. The molecule has 1 saturated heterocycles. The van der Waals surface area contributed by atoms with Crippen molar-refractivity contribution in [3.63, 3.8) is 0 Å². The van der Waals surface area contributed by atoms with E-state index in [-0.39, 0.29) is 17.7 Å². The molecule has 8 nitrogen and oxygen atoms in total. The summed E-state index contributed by atoms with van der Waals surface area (Å²) in [4.78, 5) is 30.3. The van der Waals surface area contributed by atoms with Crippen molar-refractivity contribution in [2.45, 2.75) is 69.9 Å². The second kappa shape index (κ2) is 10.8. The van der Waals surface area contributed by atoms with E-state index in [0.29, 0.717) is 36.3 Å². The number of hydrogen-bond donors (Lipinski definition) is 2. The molecule has 208 valence electrons. The standard InChI is InChI=1S/C32H38N6O2/c39-26-6-4-25(5-7-26)38-30-29(20-35-32(36-30)34-19-22-1-2-22)27-8-3-23(18-28(27)31(38)40)17-21-11-15-37(16-12-21)24-9-13-33-14-10-24/h3,8-10,13-14,18,20-22,25-26,39H,1-2,4-7,11-12,15-17,19H2,(H,34,35,36). The molecular weight excluding hydrogens is 500 g/mol. The Morgan fingerprint density at radius 3 is 2.40 bits per heavy atom. The predicted molar refractivity (Wildman–Crippen MR) is 159 cm³/mol. The van der Waals surface area contributed by atoms with Crippen LogP contribution in [0.2, 0.25) is 0 Å². The van der Waals surface area contributed by atoms with Crippen LogP contribution in [0.3, 0.4) is 0 Å². The van der Waals surface area contributed by atoms with Crippen LogP contribution in [0, 0.1) is 11.8 Å². The molecule has 3 aliphatic rings. The monoisotopic (exact) mass is 538 g/mol. The first-order valence-corrected chi connectivity index (χ1v) is 15.0. The zero-order valence-electron chi connectivity index (χ0n) is 23.0. The van der Waals surface area contributed by atoms with Gasteiger partial charge in [0.05, 0.1) is 6.10 Å². The van der Waals surface area contributed by atoms with Crippen molar-refractivity contribution < 1.29 is 5.11 Å². The van der Waals surface area contributed by atoms with Crippen LogP contribution in [0.25, 0.3) is 21.8 Å². The normalized spacial score (nSPS) is 22.2. The summed E-state index contributed by atoms with van der Waals surface area (Å²) in [6, 6.07) is 10.6. The van der Waals surface area contributed by atoms with Gasteiger partial charge in [-0.05, 0) is 98.8 Å². The molecule has 40 heavy (non-hydrogen) atoms. The van der Waals surface area contributed by atoms with E-state index < -0.39 is 0 Å². The topological polar surface area (TPSA) is 96.2 Å². The molecule has 0 atom stereocenters. The number of rotatable bonds is 7. The molecule has 1 aromatic carbocycles. The second-order valence-electron chi connectivity index (χ2n) is 12.1. The van der Waals surface area contributed by atoms with Crippen molar-refractivity contribution in [3.8, 4) is 0 Å². The highest BCUT2D eigenvalue weighted by Crippen LogP contribution is 2.33. The largest absolute Gasteiger partial charge is 0.393 e. The van der Waals surface area contributed by atoms with Crippen LogP contribution in [0.4, 0.5) is 11.6 Å². The summed E-state index contributed by atoms with van der Waals surface area (Å²) in [7, 11) is 0. The van der Waals surface area contributed by atoms with Gasteiger partial charge >= 0.3 is 0 Å². The van der Waals surface area contributed by atoms with Gasteiger partial charge in [-0.15, -0.1) is 0 Å². The van der Waals surface area contributed by atoms with Gasteiger partial charge in [-0.25, -0.2) is 4.98 Å². The Morgan fingerprint density at radius 1 is 0.875 bits per heavy atom. The van der Waals surface area contributed by atoms with Gasteiger partial charge in [-0.3, -0.25) is 14.3 Å². The number of aliphatic hydroxyl groups excluding tert-OH is 1.